The molecule has 1 aliphatic rings. The van der Waals surface area contributed by atoms with Gasteiger partial charge in [-0.25, -0.2) is 0 Å². The first-order chi connectivity index (χ1) is 10.1. The van der Waals surface area contributed by atoms with Crippen LogP contribution in [0.25, 0.3) is 10.8 Å². The summed E-state index contributed by atoms with van der Waals surface area (Å²) in [5, 5.41) is 8.06. The molecular weight excluding hydrogens is 290 g/mol. The van der Waals surface area contributed by atoms with E-state index < -0.39 is 0 Å². The molecule has 7 nitrogen and oxygen atoms in total. The summed E-state index contributed by atoms with van der Waals surface area (Å²) in [6.45, 7) is 4.52. The number of nitrogens with zero attached hydrogens (tertiary/aromatic N) is 4. The van der Waals surface area contributed by atoms with Crippen molar-refractivity contribution >= 4 is 11.5 Å². The third-order valence-electron chi connectivity index (χ3n) is 3.59. The first-order valence-corrected chi connectivity index (χ1v) is 7.96. The van der Waals surface area contributed by atoms with Gasteiger partial charge in [-0.05, 0) is 36.7 Å². The van der Waals surface area contributed by atoms with Gasteiger partial charge in [0.05, 0.1) is 24.4 Å². The van der Waals surface area contributed by atoms with Crippen LogP contribution in [-0.2, 0) is 4.74 Å². The highest BCUT2D eigenvalue weighted by Gasteiger charge is 2.23. The maximum absolute atomic E-state index is 6.05. The molecule has 0 amide bonds. The van der Waals surface area contributed by atoms with Crippen molar-refractivity contribution in [3.8, 4) is 10.8 Å². The standard InChI is InChI=1S/C13H19N5O2S/c1-7(2)10-11(21-18-16-10)13-15-12(17-20-13)9(14)6-19-8-4-3-5-8/h7-9H,3-6,14H2,1-2H3. The number of nitrogens with two attached hydrogens (primary N) is 1. The molecular formula is C13H19N5O2S. The molecule has 0 saturated heterocycles. The van der Waals surface area contributed by atoms with Gasteiger partial charge in [-0.3, -0.25) is 0 Å². The average Bonchev–Trinajstić information content (AvgIpc) is 3.05. The first kappa shape index (κ1) is 14.6. The Kier molecular flexibility index (Phi) is 4.27. The molecule has 1 atom stereocenters. The van der Waals surface area contributed by atoms with Gasteiger partial charge in [-0.2, -0.15) is 4.98 Å². The van der Waals surface area contributed by atoms with E-state index in [0.29, 0.717) is 24.4 Å². The topological polar surface area (TPSA) is 100.0 Å². The fourth-order valence-corrected chi connectivity index (χ4v) is 2.79. The van der Waals surface area contributed by atoms with Crippen molar-refractivity contribution in [2.45, 2.75) is 51.2 Å². The van der Waals surface area contributed by atoms with Gasteiger partial charge in [0.25, 0.3) is 5.89 Å². The molecule has 2 N–H and O–H groups in total. The summed E-state index contributed by atoms with van der Waals surface area (Å²) in [4.78, 5) is 5.18. The molecule has 1 unspecified atom stereocenters. The SMILES string of the molecule is CC(C)c1nnsc1-c1nc(C(N)COC2CCC2)no1. The smallest absolute Gasteiger partial charge is 0.271 e. The van der Waals surface area contributed by atoms with E-state index in [-0.39, 0.29) is 12.0 Å². The second-order valence-electron chi connectivity index (χ2n) is 5.59. The van der Waals surface area contributed by atoms with Crippen LogP contribution in [0.1, 0.15) is 56.6 Å². The Hall–Kier alpha value is -1.38. The second kappa shape index (κ2) is 6.17. The molecule has 1 fully saturated rings. The van der Waals surface area contributed by atoms with Crippen LogP contribution in [0.4, 0.5) is 0 Å². The molecule has 21 heavy (non-hydrogen) atoms. The number of ether oxygens (including phenoxy) is 1. The summed E-state index contributed by atoms with van der Waals surface area (Å²) < 4.78 is 14.9. The van der Waals surface area contributed by atoms with Crippen LogP contribution in [0.5, 0.6) is 0 Å². The van der Waals surface area contributed by atoms with Crippen LogP contribution in [0.15, 0.2) is 4.52 Å². The molecule has 2 aromatic rings. The van der Waals surface area contributed by atoms with E-state index in [1.165, 1.54) is 18.0 Å². The molecule has 3 rings (SSSR count). The van der Waals surface area contributed by atoms with Gasteiger partial charge in [0.1, 0.15) is 4.88 Å². The Balaban J connectivity index is 1.68. The van der Waals surface area contributed by atoms with Crippen molar-refractivity contribution < 1.29 is 9.26 Å². The molecule has 0 aromatic carbocycles. The molecule has 2 aromatic heterocycles. The van der Waals surface area contributed by atoms with Crippen molar-refractivity contribution in [2.75, 3.05) is 6.61 Å². The van der Waals surface area contributed by atoms with Gasteiger partial charge < -0.3 is 15.0 Å². The summed E-state index contributed by atoms with van der Waals surface area (Å²) in [6, 6.07) is -0.369. The van der Waals surface area contributed by atoms with Crippen LogP contribution >= 0.6 is 11.5 Å². The molecule has 0 spiro atoms. The fourth-order valence-electron chi connectivity index (χ4n) is 2.05. The molecule has 0 aliphatic heterocycles. The molecule has 0 radical (unpaired) electrons. The van der Waals surface area contributed by atoms with Crippen LogP contribution < -0.4 is 5.73 Å². The summed E-state index contributed by atoms with van der Waals surface area (Å²) in [7, 11) is 0. The Morgan fingerprint density at radius 2 is 2.24 bits per heavy atom. The van der Waals surface area contributed by atoms with E-state index in [1.54, 1.807) is 0 Å². The Morgan fingerprint density at radius 3 is 2.90 bits per heavy atom. The van der Waals surface area contributed by atoms with Gasteiger partial charge in [0, 0.05) is 0 Å². The minimum absolute atomic E-state index is 0.254. The van der Waals surface area contributed by atoms with Crippen molar-refractivity contribution in [3.05, 3.63) is 11.5 Å². The summed E-state index contributed by atoms with van der Waals surface area (Å²) in [5.41, 5.74) is 6.92. The number of rotatable bonds is 6. The number of hydrogen-bond acceptors (Lipinski definition) is 8. The molecule has 2 heterocycles. The van der Waals surface area contributed by atoms with E-state index >= 15 is 0 Å². The largest absolute Gasteiger partial charge is 0.376 e. The molecule has 1 aliphatic carbocycles. The van der Waals surface area contributed by atoms with Gasteiger partial charge >= 0.3 is 0 Å². The average molecular weight is 309 g/mol. The van der Waals surface area contributed by atoms with E-state index in [9.17, 15) is 0 Å². The van der Waals surface area contributed by atoms with E-state index in [1.807, 2.05) is 0 Å². The van der Waals surface area contributed by atoms with Gasteiger partial charge in [0.2, 0.25) is 0 Å². The lowest BCUT2D eigenvalue weighted by atomic mass is 9.96. The van der Waals surface area contributed by atoms with E-state index in [0.717, 1.165) is 23.4 Å². The van der Waals surface area contributed by atoms with Crippen LogP contribution in [0, 0.1) is 0 Å². The Morgan fingerprint density at radius 1 is 1.43 bits per heavy atom. The highest BCUT2D eigenvalue weighted by atomic mass is 32.1. The predicted octanol–water partition coefficient (Wildman–Crippen LogP) is 2.28. The molecule has 8 heteroatoms. The van der Waals surface area contributed by atoms with E-state index in [4.69, 9.17) is 15.0 Å². The third-order valence-corrected chi connectivity index (χ3v) is 4.32. The fraction of sp³-hybridized carbons (Fsp3) is 0.692. The number of hydrogen-bond donors (Lipinski definition) is 1. The zero-order valence-electron chi connectivity index (χ0n) is 12.2. The van der Waals surface area contributed by atoms with Crippen molar-refractivity contribution in [1.29, 1.82) is 0 Å². The number of aromatic nitrogens is 4. The third kappa shape index (κ3) is 3.12. The molecule has 0 bridgehead atoms. The Bertz CT molecular complexity index is 593. The Labute approximate surface area is 127 Å². The lowest BCUT2D eigenvalue weighted by Crippen LogP contribution is -2.27. The summed E-state index contributed by atoms with van der Waals surface area (Å²) in [5.74, 6) is 1.15. The van der Waals surface area contributed by atoms with Gasteiger partial charge in [-0.15, -0.1) is 5.10 Å². The predicted molar refractivity (Wildman–Crippen MR) is 77.8 cm³/mol. The summed E-state index contributed by atoms with van der Waals surface area (Å²) >= 11 is 1.26. The van der Waals surface area contributed by atoms with Crippen LogP contribution in [0.2, 0.25) is 0 Å². The van der Waals surface area contributed by atoms with Gasteiger partial charge in [0.15, 0.2) is 5.82 Å². The van der Waals surface area contributed by atoms with Crippen LogP contribution in [0.3, 0.4) is 0 Å². The quantitative estimate of drug-likeness (QED) is 0.873. The van der Waals surface area contributed by atoms with E-state index in [2.05, 4.69) is 33.6 Å². The maximum Gasteiger partial charge on any atom is 0.271 e. The highest BCUT2D eigenvalue weighted by molar-refractivity contribution is 7.09. The lowest BCUT2D eigenvalue weighted by Gasteiger charge is -2.26. The highest BCUT2D eigenvalue weighted by Crippen LogP contribution is 2.30. The first-order valence-electron chi connectivity index (χ1n) is 7.18. The lowest BCUT2D eigenvalue weighted by molar-refractivity contribution is -0.00549. The normalized spacial score (nSPS) is 17.1. The summed E-state index contributed by atoms with van der Waals surface area (Å²) in [6.07, 6.45) is 3.83. The van der Waals surface area contributed by atoms with Gasteiger partial charge in [-0.1, -0.05) is 23.5 Å². The second-order valence-corrected chi connectivity index (χ2v) is 6.35. The molecule has 1 saturated carbocycles. The maximum atomic E-state index is 6.05. The zero-order valence-corrected chi connectivity index (χ0v) is 13.0. The minimum atomic E-state index is -0.369. The van der Waals surface area contributed by atoms with Crippen molar-refractivity contribution in [2.24, 2.45) is 5.73 Å². The van der Waals surface area contributed by atoms with Crippen LogP contribution in [-0.4, -0.2) is 32.4 Å². The minimum Gasteiger partial charge on any atom is -0.376 e. The molecule has 114 valence electrons. The monoisotopic (exact) mass is 309 g/mol. The van der Waals surface area contributed by atoms with Crippen molar-refractivity contribution in [1.82, 2.24) is 19.7 Å². The zero-order chi connectivity index (χ0) is 14.8. The van der Waals surface area contributed by atoms with Crippen molar-refractivity contribution in [3.63, 3.8) is 0 Å².